The molecule has 1 fully saturated rings. The van der Waals surface area contributed by atoms with E-state index in [1.165, 1.54) is 5.56 Å². The minimum atomic E-state index is 0.00291. The smallest absolute Gasteiger partial charge is 0.238 e. The van der Waals surface area contributed by atoms with Gasteiger partial charge in [-0.25, -0.2) is 0 Å². The summed E-state index contributed by atoms with van der Waals surface area (Å²) in [6.07, 6.45) is 3.03. The SMILES string of the molecule is O=C(CN1CCC[C@H]1c1ccc2c(c1)OCCCO2)Nc1ccccc1Br. The third-order valence-electron chi connectivity index (χ3n) is 5.01. The number of halogens is 1. The lowest BCUT2D eigenvalue weighted by Gasteiger charge is -2.25. The molecule has 2 aromatic rings. The van der Waals surface area contributed by atoms with Crippen LogP contribution in [-0.4, -0.2) is 37.1 Å². The third kappa shape index (κ3) is 4.28. The Labute approximate surface area is 167 Å². The van der Waals surface area contributed by atoms with Crippen molar-refractivity contribution in [3.8, 4) is 11.5 Å². The van der Waals surface area contributed by atoms with E-state index >= 15 is 0 Å². The van der Waals surface area contributed by atoms with Gasteiger partial charge in [0, 0.05) is 16.9 Å². The van der Waals surface area contributed by atoms with Crippen molar-refractivity contribution in [3.63, 3.8) is 0 Å². The van der Waals surface area contributed by atoms with Crippen molar-refractivity contribution in [2.45, 2.75) is 25.3 Å². The van der Waals surface area contributed by atoms with Gasteiger partial charge in [0.05, 0.1) is 25.4 Å². The van der Waals surface area contributed by atoms with Gasteiger partial charge >= 0.3 is 0 Å². The number of anilines is 1. The Morgan fingerprint density at radius 3 is 2.78 bits per heavy atom. The predicted molar refractivity (Wildman–Crippen MR) is 108 cm³/mol. The molecule has 142 valence electrons. The quantitative estimate of drug-likeness (QED) is 0.781. The summed E-state index contributed by atoms with van der Waals surface area (Å²) >= 11 is 3.47. The van der Waals surface area contributed by atoms with Crippen molar-refractivity contribution in [1.82, 2.24) is 4.90 Å². The summed E-state index contributed by atoms with van der Waals surface area (Å²) in [6.45, 7) is 2.67. The lowest BCUT2D eigenvalue weighted by Crippen LogP contribution is -2.33. The number of ether oxygens (including phenoxy) is 2. The van der Waals surface area contributed by atoms with Crippen molar-refractivity contribution >= 4 is 27.5 Å². The molecule has 1 N–H and O–H groups in total. The molecule has 1 atom stereocenters. The Kier molecular flexibility index (Phi) is 5.64. The molecule has 2 aromatic carbocycles. The number of hydrogen-bond acceptors (Lipinski definition) is 4. The summed E-state index contributed by atoms with van der Waals surface area (Å²) in [6, 6.07) is 14.1. The highest BCUT2D eigenvalue weighted by Crippen LogP contribution is 2.37. The number of carbonyl (C=O) groups excluding carboxylic acids is 1. The van der Waals surface area contributed by atoms with Crippen LogP contribution in [0.25, 0.3) is 0 Å². The van der Waals surface area contributed by atoms with Crippen LogP contribution >= 0.6 is 15.9 Å². The number of likely N-dealkylation sites (tertiary alicyclic amines) is 1. The molecule has 0 unspecified atom stereocenters. The molecule has 6 heteroatoms. The van der Waals surface area contributed by atoms with Crippen molar-refractivity contribution in [2.75, 3.05) is 31.6 Å². The van der Waals surface area contributed by atoms with E-state index in [-0.39, 0.29) is 11.9 Å². The average Bonchev–Trinajstić information content (AvgIpc) is 2.99. The second-order valence-electron chi connectivity index (χ2n) is 6.91. The van der Waals surface area contributed by atoms with Gasteiger partial charge in [0.25, 0.3) is 0 Å². The highest BCUT2D eigenvalue weighted by molar-refractivity contribution is 9.10. The van der Waals surface area contributed by atoms with Gasteiger partial charge in [-0.15, -0.1) is 0 Å². The van der Waals surface area contributed by atoms with E-state index in [1.807, 2.05) is 30.3 Å². The van der Waals surface area contributed by atoms with Crippen LogP contribution in [0.3, 0.4) is 0 Å². The summed E-state index contributed by atoms with van der Waals surface area (Å²) in [5, 5.41) is 3.00. The van der Waals surface area contributed by atoms with Gasteiger partial charge in [0.1, 0.15) is 0 Å². The van der Waals surface area contributed by atoms with Crippen LogP contribution in [0.15, 0.2) is 46.9 Å². The van der Waals surface area contributed by atoms with Crippen LogP contribution in [0.2, 0.25) is 0 Å². The first-order chi connectivity index (χ1) is 13.2. The number of nitrogens with zero attached hydrogens (tertiary/aromatic N) is 1. The third-order valence-corrected chi connectivity index (χ3v) is 5.71. The maximum absolute atomic E-state index is 12.6. The van der Waals surface area contributed by atoms with E-state index in [4.69, 9.17) is 9.47 Å². The van der Waals surface area contributed by atoms with Gasteiger partial charge in [-0.1, -0.05) is 18.2 Å². The van der Waals surface area contributed by atoms with Gasteiger partial charge in [0.15, 0.2) is 11.5 Å². The molecule has 2 aliphatic heterocycles. The normalized spacial score (nSPS) is 19.5. The van der Waals surface area contributed by atoms with Crippen LogP contribution < -0.4 is 14.8 Å². The first-order valence-corrected chi connectivity index (χ1v) is 10.2. The van der Waals surface area contributed by atoms with Gasteiger partial charge in [-0.3, -0.25) is 9.69 Å². The number of benzene rings is 2. The van der Waals surface area contributed by atoms with E-state index in [2.05, 4.69) is 38.3 Å². The summed E-state index contributed by atoms with van der Waals surface area (Å²) < 4.78 is 12.4. The first-order valence-electron chi connectivity index (χ1n) is 9.39. The van der Waals surface area contributed by atoms with Crippen molar-refractivity contribution in [3.05, 3.63) is 52.5 Å². The molecule has 2 heterocycles. The maximum atomic E-state index is 12.6. The molecule has 27 heavy (non-hydrogen) atoms. The standard InChI is InChI=1S/C21H23BrN2O3/c22-16-5-1-2-6-17(16)23-21(25)14-24-10-3-7-18(24)15-8-9-19-20(13-15)27-12-4-11-26-19/h1-2,5-6,8-9,13,18H,3-4,7,10-12,14H2,(H,23,25)/t18-/m0/s1. The number of nitrogens with one attached hydrogen (secondary N) is 1. The van der Waals surface area contributed by atoms with Gasteiger partial charge in [0.2, 0.25) is 5.91 Å². The van der Waals surface area contributed by atoms with Crippen LogP contribution in [0.4, 0.5) is 5.69 Å². The van der Waals surface area contributed by atoms with E-state index in [0.29, 0.717) is 19.8 Å². The molecule has 0 radical (unpaired) electrons. The minimum absolute atomic E-state index is 0.00291. The number of fused-ring (bicyclic) bond motifs is 1. The topological polar surface area (TPSA) is 50.8 Å². The Morgan fingerprint density at radius 2 is 1.93 bits per heavy atom. The number of rotatable bonds is 4. The number of para-hydroxylation sites is 1. The van der Waals surface area contributed by atoms with Gasteiger partial charge < -0.3 is 14.8 Å². The lowest BCUT2D eigenvalue weighted by atomic mass is 10.0. The zero-order valence-corrected chi connectivity index (χ0v) is 16.7. The highest BCUT2D eigenvalue weighted by atomic mass is 79.9. The van der Waals surface area contributed by atoms with Crippen LogP contribution in [0.5, 0.6) is 11.5 Å². The molecule has 1 amide bonds. The molecule has 4 rings (SSSR count). The largest absolute Gasteiger partial charge is 0.490 e. The van der Waals surface area contributed by atoms with Crippen molar-refractivity contribution in [1.29, 1.82) is 0 Å². The fourth-order valence-electron chi connectivity index (χ4n) is 3.72. The first kappa shape index (κ1) is 18.3. The fourth-order valence-corrected chi connectivity index (χ4v) is 4.10. The van der Waals surface area contributed by atoms with Gasteiger partial charge in [-0.2, -0.15) is 0 Å². The number of carbonyl (C=O) groups is 1. The monoisotopic (exact) mass is 430 g/mol. The summed E-state index contributed by atoms with van der Waals surface area (Å²) in [5.41, 5.74) is 1.99. The Morgan fingerprint density at radius 1 is 1.11 bits per heavy atom. The molecule has 0 spiro atoms. The van der Waals surface area contributed by atoms with E-state index < -0.39 is 0 Å². The molecule has 0 aliphatic carbocycles. The summed E-state index contributed by atoms with van der Waals surface area (Å²) in [7, 11) is 0. The molecule has 0 saturated carbocycles. The molecule has 1 saturated heterocycles. The van der Waals surface area contributed by atoms with E-state index in [0.717, 1.165) is 47.5 Å². The molecule has 5 nitrogen and oxygen atoms in total. The molecule has 0 aromatic heterocycles. The molecular weight excluding hydrogens is 408 g/mol. The van der Waals surface area contributed by atoms with Crippen LogP contribution in [0, 0.1) is 0 Å². The van der Waals surface area contributed by atoms with Crippen LogP contribution in [-0.2, 0) is 4.79 Å². The molecular formula is C21H23BrN2O3. The van der Waals surface area contributed by atoms with E-state index in [1.54, 1.807) is 0 Å². The predicted octanol–water partition coefficient (Wildman–Crippen LogP) is 4.39. The maximum Gasteiger partial charge on any atom is 0.238 e. The second-order valence-corrected chi connectivity index (χ2v) is 7.77. The Balaban J connectivity index is 1.45. The number of hydrogen-bond donors (Lipinski definition) is 1. The second kappa shape index (κ2) is 8.31. The van der Waals surface area contributed by atoms with Crippen molar-refractivity contribution in [2.24, 2.45) is 0 Å². The fraction of sp³-hybridized carbons (Fsp3) is 0.381. The minimum Gasteiger partial charge on any atom is -0.490 e. The van der Waals surface area contributed by atoms with Crippen LogP contribution in [0.1, 0.15) is 30.9 Å². The zero-order valence-electron chi connectivity index (χ0n) is 15.1. The highest BCUT2D eigenvalue weighted by Gasteiger charge is 2.28. The lowest BCUT2D eigenvalue weighted by molar-refractivity contribution is -0.117. The molecule has 0 bridgehead atoms. The Hall–Kier alpha value is -2.05. The summed E-state index contributed by atoms with van der Waals surface area (Å²) in [4.78, 5) is 14.8. The van der Waals surface area contributed by atoms with E-state index in [9.17, 15) is 4.79 Å². The van der Waals surface area contributed by atoms with Crippen molar-refractivity contribution < 1.29 is 14.3 Å². The average molecular weight is 431 g/mol. The zero-order chi connectivity index (χ0) is 18.6. The Bertz CT molecular complexity index is 827. The summed E-state index contributed by atoms with van der Waals surface area (Å²) in [5.74, 6) is 1.63. The number of amides is 1. The van der Waals surface area contributed by atoms with Gasteiger partial charge in [-0.05, 0) is 65.1 Å². The molecule has 2 aliphatic rings.